The number of carbonyl (C=O) groups is 3. The Morgan fingerprint density at radius 2 is 1.89 bits per heavy atom. The van der Waals surface area contributed by atoms with Crippen LogP contribution >= 0.6 is 0 Å². The fourth-order valence-corrected chi connectivity index (χ4v) is 2.66. The molecule has 1 saturated heterocycles. The number of hydrogen-bond acceptors (Lipinski definition) is 10. The second-order valence-electron chi connectivity index (χ2n) is 7.13. The molecule has 7 unspecified atom stereocenters. The molecule has 1 aliphatic rings. The van der Waals surface area contributed by atoms with Crippen LogP contribution in [0.5, 0.6) is 0 Å². The molecule has 162 valence electrons. The fourth-order valence-electron chi connectivity index (χ4n) is 2.66. The van der Waals surface area contributed by atoms with Crippen molar-refractivity contribution in [1.82, 2.24) is 5.32 Å². The van der Waals surface area contributed by atoms with Crippen LogP contribution in [-0.2, 0) is 23.9 Å². The van der Waals surface area contributed by atoms with Crippen molar-refractivity contribution in [3.05, 3.63) is 0 Å². The lowest BCUT2D eigenvalue weighted by molar-refractivity contribution is -0.295. The van der Waals surface area contributed by atoms with E-state index in [1.165, 1.54) is 0 Å². The highest BCUT2D eigenvalue weighted by molar-refractivity contribution is 5.76. The Morgan fingerprint density at radius 1 is 1.32 bits per heavy atom. The van der Waals surface area contributed by atoms with Crippen LogP contribution in [0.2, 0.25) is 0 Å². The molecule has 0 spiro atoms. The molecular formula is C16H28N2O10. The minimum absolute atomic E-state index is 0.235. The Kier molecular flexibility index (Phi) is 8.29. The zero-order chi connectivity index (χ0) is 21.8. The molecule has 0 aromatic carbocycles. The number of aliphatic hydroxyl groups is 4. The maximum absolute atomic E-state index is 11.8. The van der Waals surface area contributed by atoms with Gasteiger partial charge < -0.3 is 46.1 Å². The predicted octanol–water partition coefficient (Wildman–Crippen LogP) is -3.34. The molecule has 12 heteroatoms. The minimum atomic E-state index is -2.85. The summed E-state index contributed by atoms with van der Waals surface area (Å²) in [5.41, 5.74) is 5.61. The summed E-state index contributed by atoms with van der Waals surface area (Å²) in [6.45, 7) is 3.76. The van der Waals surface area contributed by atoms with Gasteiger partial charge in [0, 0.05) is 13.3 Å². The van der Waals surface area contributed by atoms with Gasteiger partial charge >= 0.3 is 11.9 Å². The highest BCUT2D eigenvalue weighted by Gasteiger charge is 2.54. The summed E-state index contributed by atoms with van der Waals surface area (Å²) in [7, 11) is 0. The quantitative estimate of drug-likeness (QED) is 0.197. The molecule has 0 aromatic rings. The average molecular weight is 408 g/mol. The van der Waals surface area contributed by atoms with E-state index in [9.17, 15) is 34.8 Å². The maximum Gasteiger partial charge on any atom is 0.364 e. The zero-order valence-electron chi connectivity index (χ0n) is 15.8. The lowest BCUT2D eigenvalue weighted by Crippen LogP contribution is -2.67. The van der Waals surface area contributed by atoms with Gasteiger partial charge in [-0.3, -0.25) is 9.59 Å². The van der Waals surface area contributed by atoms with Crippen molar-refractivity contribution in [1.29, 1.82) is 0 Å². The number of carboxylic acid groups (broad SMARTS) is 1. The third-order valence-corrected chi connectivity index (χ3v) is 4.41. The van der Waals surface area contributed by atoms with Gasteiger partial charge in [-0.2, -0.15) is 0 Å². The number of nitrogens with one attached hydrogen (secondary N) is 1. The first-order valence-corrected chi connectivity index (χ1v) is 8.67. The lowest BCUT2D eigenvalue weighted by Gasteiger charge is -2.44. The van der Waals surface area contributed by atoms with E-state index in [0.29, 0.717) is 0 Å². The zero-order valence-corrected chi connectivity index (χ0v) is 15.8. The third-order valence-electron chi connectivity index (χ3n) is 4.41. The molecule has 0 aliphatic carbocycles. The van der Waals surface area contributed by atoms with E-state index < -0.39 is 73.2 Å². The lowest BCUT2D eigenvalue weighted by atomic mass is 9.88. The Hall–Kier alpha value is -1.83. The third kappa shape index (κ3) is 5.83. The number of aliphatic carboxylic acids is 1. The number of ether oxygens (including phenoxy) is 2. The molecule has 1 heterocycles. The van der Waals surface area contributed by atoms with Gasteiger partial charge in [-0.05, 0) is 5.92 Å². The van der Waals surface area contributed by atoms with Gasteiger partial charge in [0.25, 0.3) is 5.79 Å². The summed E-state index contributed by atoms with van der Waals surface area (Å²) in [6.07, 6.45) is -7.83. The number of amides is 1. The second kappa shape index (κ2) is 9.58. The van der Waals surface area contributed by atoms with Crippen molar-refractivity contribution in [3.63, 3.8) is 0 Å². The summed E-state index contributed by atoms with van der Waals surface area (Å²) in [6, 6.07) is -2.29. The molecule has 7 atom stereocenters. The highest BCUT2D eigenvalue weighted by Crippen LogP contribution is 2.30. The first kappa shape index (κ1) is 24.2. The summed E-state index contributed by atoms with van der Waals surface area (Å²) in [5.74, 6) is -6.37. The van der Waals surface area contributed by atoms with Crippen LogP contribution in [0, 0.1) is 5.92 Å². The summed E-state index contributed by atoms with van der Waals surface area (Å²) >= 11 is 0. The number of esters is 1. The van der Waals surface area contributed by atoms with Gasteiger partial charge in [-0.1, -0.05) is 13.8 Å². The Morgan fingerprint density at radius 3 is 2.36 bits per heavy atom. The number of nitrogens with two attached hydrogens (primary N) is 1. The topological polar surface area (TPSA) is 209 Å². The molecule has 8 N–H and O–H groups in total. The molecular weight excluding hydrogens is 380 g/mol. The Balaban J connectivity index is 2.93. The fraction of sp³-hybridized carbons (Fsp3) is 0.812. The molecule has 0 saturated carbocycles. The Labute approximate surface area is 161 Å². The van der Waals surface area contributed by atoms with Crippen molar-refractivity contribution in [2.75, 3.05) is 6.61 Å². The number of rotatable bonds is 8. The van der Waals surface area contributed by atoms with Gasteiger partial charge in [0.15, 0.2) is 0 Å². The molecule has 1 amide bonds. The van der Waals surface area contributed by atoms with Crippen molar-refractivity contribution < 1.29 is 49.4 Å². The largest absolute Gasteiger partial charge is 0.477 e. The van der Waals surface area contributed by atoms with E-state index in [1.54, 1.807) is 13.8 Å². The van der Waals surface area contributed by atoms with Crippen molar-refractivity contribution >= 4 is 17.8 Å². The van der Waals surface area contributed by atoms with Crippen LogP contribution < -0.4 is 11.1 Å². The summed E-state index contributed by atoms with van der Waals surface area (Å²) < 4.78 is 9.82. The first-order valence-electron chi connectivity index (χ1n) is 8.67. The summed E-state index contributed by atoms with van der Waals surface area (Å²) in [5, 5.41) is 52.0. The van der Waals surface area contributed by atoms with Crippen LogP contribution in [0.1, 0.15) is 27.2 Å². The predicted molar refractivity (Wildman–Crippen MR) is 91.5 cm³/mol. The van der Waals surface area contributed by atoms with E-state index in [0.717, 1.165) is 6.92 Å². The molecule has 0 bridgehead atoms. The molecule has 28 heavy (non-hydrogen) atoms. The highest BCUT2D eigenvalue weighted by atomic mass is 16.7. The van der Waals surface area contributed by atoms with Crippen molar-refractivity contribution in [2.45, 2.75) is 69.5 Å². The van der Waals surface area contributed by atoms with Crippen LogP contribution in [0.3, 0.4) is 0 Å². The van der Waals surface area contributed by atoms with Crippen LogP contribution in [0.25, 0.3) is 0 Å². The van der Waals surface area contributed by atoms with Crippen LogP contribution in [-0.4, -0.2) is 92.3 Å². The first-order chi connectivity index (χ1) is 12.8. The molecule has 0 radical (unpaired) electrons. The average Bonchev–Trinajstić information content (AvgIpc) is 2.59. The maximum atomic E-state index is 11.8. The second-order valence-corrected chi connectivity index (χ2v) is 7.13. The van der Waals surface area contributed by atoms with Crippen molar-refractivity contribution in [3.8, 4) is 0 Å². The van der Waals surface area contributed by atoms with Crippen LogP contribution in [0.15, 0.2) is 0 Å². The molecule has 1 fully saturated rings. The summed E-state index contributed by atoms with van der Waals surface area (Å²) in [4.78, 5) is 34.4. The van der Waals surface area contributed by atoms with E-state index in [4.69, 9.17) is 20.3 Å². The molecule has 1 aliphatic heterocycles. The SMILES string of the molecule is CC(=O)NC1C(O)CC(O)(C(=O)O)OC1C(O)C(O)COC(=O)C(N)C(C)C. The standard InChI is InChI=1S/C16H28N2O10/c1-6(2)10(17)14(23)27-5-9(21)12(22)13-11(18-7(3)19)8(20)4-16(26,28-13)15(24)25/h6,8-13,20-22,26H,4-5,17H2,1-3H3,(H,18,19)(H,24,25). The van der Waals surface area contributed by atoms with Crippen LogP contribution in [0.4, 0.5) is 0 Å². The Bertz CT molecular complexity index is 586. The van der Waals surface area contributed by atoms with E-state index in [2.05, 4.69) is 5.32 Å². The van der Waals surface area contributed by atoms with E-state index in [1.807, 2.05) is 0 Å². The normalized spacial score (nSPS) is 31.0. The van der Waals surface area contributed by atoms with Gasteiger partial charge in [0.2, 0.25) is 5.91 Å². The molecule has 0 aromatic heterocycles. The van der Waals surface area contributed by atoms with Crippen molar-refractivity contribution in [2.24, 2.45) is 11.7 Å². The monoisotopic (exact) mass is 408 g/mol. The number of carbonyl (C=O) groups excluding carboxylic acids is 2. The molecule has 1 rings (SSSR count). The van der Waals surface area contributed by atoms with E-state index in [-0.39, 0.29) is 5.92 Å². The van der Waals surface area contributed by atoms with E-state index >= 15 is 0 Å². The smallest absolute Gasteiger partial charge is 0.364 e. The molecule has 12 nitrogen and oxygen atoms in total. The van der Waals surface area contributed by atoms with Gasteiger partial charge in [0.1, 0.15) is 31.0 Å². The minimum Gasteiger partial charge on any atom is -0.477 e. The van der Waals surface area contributed by atoms with Gasteiger partial charge in [0.05, 0.1) is 12.1 Å². The number of aliphatic hydroxyl groups excluding tert-OH is 3. The number of hydrogen-bond donors (Lipinski definition) is 7. The number of carboxylic acids is 1. The van der Waals surface area contributed by atoms with Gasteiger partial charge in [-0.15, -0.1) is 0 Å². The van der Waals surface area contributed by atoms with Gasteiger partial charge in [-0.25, -0.2) is 4.79 Å².